The van der Waals surface area contributed by atoms with Gasteiger partial charge in [0.15, 0.2) is 5.79 Å². The fourth-order valence-electron chi connectivity index (χ4n) is 2.93. The molecule has 1 aliphatic carbocycles. The molecule has 1 saturated heterocycles. The molecule has 1 fully saturated rings. The van der Waals surface area contributed by atoms with Gasteiger partial charge >= 0.3 is 5.97 Å². The van der Waals surface area contributed by atoms with E-state index in [9.17, 15) is 4.79 Å². The highest BCUT2D eigenvalue weighted by atomic mass is 16.8. The summed E-state index contributed by atoms with van der Waals surface area (Å²) in [6.45, 7) is 3.81. The SMILES string of the molecule is COCO[C@H]1C=C[C@@H](OC(=O)c2ccccc2)[C@@H]2OC(C)(C)O[C@@H]21. The Morgan fingerprint density at radius 1 is 1.08 bits per heavy atom. The van der Waals surface area contributed by atoms with E-state index in [-0.39, 0.29) is 19.0 Å². The maximum atomic E-state index is 12.3. The van der Waals surface area contributed by atoms with Crippen LogP contribution in [0.15, 0.2) is 42.5 Å². The van der Waals surface area contributed by atoms with Gasteiger partial charge in [-0.05, 0) is 32.1 Å². The minimum atomic E-state index is -0.770. The summed E-state index contributed by atoms with van der Waals surface area (Å²) in [7, 11) is 1.56. The summed E-state index contributed by atoms with van der Waals surface area (Å²) in [6.07, 6.45) is 1.96. The van der Waals surface area contributed by atoms with Crippen LogP contribution in [0.25, 0.3) is 0 Å². The lowest BCUT2D eigenvalue weighted by Crippen LogP contribution is -2.47. The van der Waals surface area contributed by atoms with E-state index in [0.717, 1.165) is 0 Å². The van der Waals surface area contributed by atoms with Crippen molar-refractivity contribution in [3.63, 3.8) is 0 Å². The first-order valence-electron chi connectivity index (χ1n) is 7.91. The fourth-order valence-corrected chi connectivity index (χ4v) is 2.93. The van der Waals surface area contributed by atoms with Crippen LogP contribution in [0.5, 0.6) is 0 Å². The fraction of sp³-hybridized carbons (Fsp3) is 0.500. The van der Waals surface area contributed by atoms with Crippen LogP contribution in [0.1, 0.15) is 24.2 Å². The van der Waals surface area contributed by atoms with Gasteiger partial charge in [0.05, 0.1) is 5.56 Å². The lowest BCUT2D eigenvalue weighted by molar-refractivity contribution is -0.163. The Kier molecular flexibility index (Phi) is 5.01. The zero-order valence-corrected chi connectivity index (χ0v) is 14.0. The van der Waals surface area contributed by atoms with Crippen LogP contribution in [0.3, 0.4) is 0 Å². The Morgan fingerprint density at radius 3 is 2.38 bits per heavy atom. The maximum Gasteiger partial charge on any atom is 0.338 e. The Morgan fingerprint density at radius 2 is 1.71 bits per heavy atom. The highest BCUT2D eigenvalue weighted by Crippen LogP contribution is 2.37. The summed E-state index contributed by atoms with van der Waals surface area (Å²) in [5.41, 5.74) is 0.499. The van der Waals surface area contributed by atoms with Crippen LogP contribution in [0.4, 0.5) is 0 Å². The summed E-state index contributed by atoms with van der Waals surface area (Å²) in [5, 5.41) is 0. The molecule has 6 heteroatoms. The summed E-state index contributed by atoms with van der Waals surface area (Å²) >= 11 is 0. The van der Waals surface area contributed by atoms with E-state index in [4.69, 9.17) is 23.7 Å². The molecular weight excluding hydrogens is 312 g/mol. The van der Waals surface area contributed by atoms with Crippen LogP contribution < -0.4 is 0 Å². The van der Waals surface area contributed by atoms with Crippen molar-refractivity contribution in [2.45, 2.75) is 44.1 Å². The van der Waals surface area contributed by atoms with Crippen LogP contribution in [-0.2, 0) is 23.7 Å². The van der Waals surface area contributed by atoms with E-state index >= 15 is 0 Å². The minimum absolute atomic E-state index is 0.149. The van der Waals surface area contributed by atoms with Gasteiger partial charge in [0, 0.05) is 7.11 Å². The van der Waals surface area contributed by atoms with Crippen molar-refractivity contribution in [2.24, 2.45) is 0 Å². The van der Waals surface area contributed by atoms with Crippen molar-refractivity contribution in [1.29, 1.82) is 0 Å². The van der Waals surface area contributed by atoms with E-state index in [1.807, 2.05) is 26.0 Å². The molecule has 3 rings (SSSR count). The third kappa shape index (κ3) is 3.67. The highest BCUT2D eigenvalue weighted by Gasteiger charge is 2.51. The Hall–Kier alpha value is -1.73. The first-order valence-corrected chi connectivity index (χ1v) is 7.91. The van der Waals surface area contributed by atoms with Crippen molar-refractivity contribution in [3.8, 4) is 0 Å². The zero-order valence-electron chi connectivity index (χ0n) is 14.0. The van der Waals surface area contributed by atoms with E-state index < -0.39 is 24.0 Å². The quantitative estimate of drug-likeness (QED) is 0.468. The summed E-state index contributed by atoms with van der Waals surface area (Å²) in [4.78, 5) is 12.3. The molecule has 1 aliphatic heterocycles. The van der Waals surface area contributed by atoms with Gasteiger partial charge in [-0.15, -0.1) is 0 Å². The first kappa shape index (κ1) is 17.1. The average molecular weight is 334 g/mol. The van der Waals surface area contributed by atoms with Crippen molar-refractivity contribution in [2.75, 3.05) is 13.9 Å². The van der Waals surface area contributed by atoms with Crippen LogP contribution >= 0.6 is 0 Å². The largest absolute Gasteiger partial charge is 0.452 e. The minimum Gasteiger partial charge on any atom is -0.452 e. The first-order chi connectivity index (χ1) is 11.5. The van der Waals surface area contributed by atoms with Crippen molar-refractivity contribution in [3.05, 3.63) is 48.0 Å². The number of carbonyl (C=O) groups excluding carboxylic acids is 1. The van der Waals surface area contributed by atoms with Gasteiger partial charge in [0.2, 0.25) is 0 Å². The molecule has 6 nitrogen and oxygen atoms in total. The number of methoxy groups -OCH3 is 1. The van der Waals surface area contributed by atoms with E-state index in [1.165, 1.54) is 0 Å². The highest BCUT2D eigenvalue weighted by molar-refractivity contribution is 5.89. The number of carbonyl (C=O) groups is 1. The lowest BCUT2D eigenvalue weighted by atomic mass is 9.96. The smallest absolute Gasteiger partial charge is 0.338 e. The number of fused-ring (bicyclic) bond motifs is 1. The summed E-state index contributed by atoms with van der Waals surface area (Å²) < 4.78 is 28.1. The maximum absolute atomic E-state index is 12.3. The van der Waals surface area contributed by atoms with Gasteiger partial charge in [-0.3, -0.25) is 0 Å². The van der Waals surface area contributed by atoms with Gasteiger partial charge in [-0.2, -0.15) is 0 Å². The van der Waals surface area contributed by atoms with E-state index in [0.29, 0.717) is 5.56 Å². The number of benzene rings is 1. The molecule has 24 heavy (non-hydrogen) atoms. The molecule has 0 N–H and O–H groups in total. The monoisotopic (exact) mass is 334 g/mol. The molecule has 0 spiro atoms. The molecule has 130 valence electrons. The number of rotatable bonds is 5. The number of esters is 1. The number of hydrogen-bond donors (Lipinski definition) is 0. The standard InChI is InChI=1S/C18H22O6/c1-18(2)23-15-13(21-11-20-3)9-10-14(16(15)24-18)22-17(19)12-7-5-4-6-8-12/h4-10,13-16H,11H2,1-3H3/t13-,14+,15+,16-/m0/s1. The summed E-state index contributed by atoms with van der Waals surface area (Å²) in [6, 6.07) is 8.87. The average Bonchev–Trinajstić information content (AvgIpc) is 2.90. The van der Waals surface area contributed by atoms with E-state index in [1.54, 1.807) is 37.5 Å². The van der Waals surface area contributed by atoms with Crippen molar-refractivity contribution in [1.82, 2.24) is 0 Å². The molecule has 1 aromatic carbocycles. The molecule has 2 aliphatic rings. The predicted molar refractivity (Wildman–Crippen MR) is 85.4 cm³/mol. The van der Waals surface area contributed by atoms with Crippen molar-refractivity contribution >= 4 is 5.97 Å². The molecule has 0 radical (unpaired) electrons. The molecule has 0 bridgehead atoms. The molecular formula is C18H22O6. The van der Waals surface area contributed by atoms with Gasteiger partial charge in [-0.25, -0.2) is 4.79 Å². The predicted octanol–water partition coefficient (Wildman–Crippen LogP) is 2.29. The lowest BCUT2D eigenvalue weighted by Gasteiger charge is -2.31. The molecule has 0 unspecified atom stereocenters. The second-order valence-electron chi connectivity index (χ2n) is 6.22. The Labute approximate surface area is 141 Å². The zero-order chi connectivity index (χ0) is 17.2. The van der Waals surface area contributed by atoms with Crippen molar-refractivity contribution < 1.29 is 28.5 Å². The van der Waals surface area contributed by atoms with Crippen LogP contribution in [0.2, 0.25) is 0 Å². The van der Waals surface area contributed by atoms with E-state index in [2.05, 4.69) is 0 Å². The van der Waals surface area contributed by atoms with Crippen LogP contribution in [0, 0.1) is 0 Å². The third-order valence-electron chi connectivity index (χ3n) is 3.93. The van der Waals surface area contributed by atoms with Gasteiger partial charge in [0.1, 0.15) is 31.2 Å². The second kappa shape index (κ2) is 7.03. The molecule has 1 aromatic rings. The van der Waals surface area contributed by atoms with Gasteiger partial charge in [0.25, 0.3) is 0 Å². The molecule has 0 amide bonds. The molecule has 0 saturated carbocycles. The molecule has 1 heterocycles. The van der Waals surface area contributed by atoms with Gasteiger partial charge in [-0.1, -0.05) is 24.3 Å². The second-order valence-corrected chi connectivity index (χ2v) is 6.22. The topological polar surface area (TPSA) is 63.2 Å². The van der Waals surface area contributed by atoms with Gasteiger partial charge < -0.3 is 23.7 Å². The molecule has 4 atom stereocenters. The van der Waals surface area contributed by atoms with Crippen LogP contribution in [-0.4, -0.2) is 50.1 Å². The Bertz CT molecular complexity index is 597. The Balaban J connectivity index is 1.75. The molecule has 0 aromatic heterocycles. The summed E-state index contributed by atoms with van der Waals surface area (Å²) in [5.74, 6) is -1.17. The normalized spacial score (nSPS) is 30.8. The number of hydrogen-bond acceptors (Lipinski definition) is 6. The third-order valence-corrected chi connectivity index (χ3v) is 3.93. The number of ether oxygens (including phenoxy) is 5.